The molecule has 1 aliphatic rings. The second-order valence-electron chi connectivity index (χ2n) is 10.6. The van der Waals surface area contributed by atoms with Crippen molar-refractivity contribution in [3.8, 4) is 11.5 Å². The van der Waals surface area contributed by atoms with E-state index in [1.165, 1.54) is 4.90 Å². The molecule has 3 atom stereocenters. The summed E-state index contributed by atoms with van der Waals surface area (Å²) in [5.74, 6) is 0.347. The minimum Gasteiger partial charge on any atom is -0.497 e. The van der Waals surface area contributed by atoms with Crippen molar-refractivity contribution >= 4 is 29.2 Å². The first-order chi connectivity index (χ1) is 20.2. The Morgan fingerprint density at radius 2 is 1.76 bits per heavy atom. The molecule has 0 spiro atoms. The van der Waals surface area contributed by atoms with E-state index in [-0.39, 0.29) is 48.9 Å². The highest BCUT2D eigenvalue weighted by Gasteiger charge is 2.34. The van der Waals surface area contributed by atoms with Gasteiger partial charge >= 0.3 is 6.03 Å². The van der Waals surface area contributed by atoms with Gasteiger partial charge in [-0.2, -0.15) is 0 Å². The molecule has 10 nitrogen and oxygen atoms in total. The summed E-state index contributed by atoms with van der Waals surface area (Å²) in [6.07, 6.45) is -0.268. The fourth-order valence-corrected chi connectivity index (χ4v) is 4.75. The number of fused-ring (bicyclic) bond motifs is 1. The van der Waals surface area contributed by atoms with Gasteiger partial charge in [0.25, 0.3) is 5.91 Å². The Balaban J connectivity index is 1.53. The molecule has 42 heavy (non-hydrogen) atoms. The molecule has 10 heteroatoms. The maximum absolute atomic E-state index is 13.7. The molecule has 0 radical (unpaired) electrons. The first-order valence-electron chi connectivity index (χ1n) is 13.9. The predicted molar refractivity (Wildman–Crippen MR) is 161 cm³/mol. The third kappa shape index (κ3) is 7.58. The number of carbonyl (C=O) groups is 3. The van der Waals surface area contributed by atoms with Crippen molar-refractivity contribution in [2.75, 3.05) is 44.5 Å². The molecule has 4 rings (SSSR count). The predicted octanol–water partition coefficient (Wildman–Crippen LogP) is 4.26. The number of amides is 4. The van der Waals surface area contributed by atoms with Crippen molar-refractivity contribution in [3.63, 3.8) is 0 Å². The van der Waals surface area contributed by atoms with Crippen molar-refractivity contribution in [2.24, 2.45) is 5.92 Å². The van der Waals surface area contributed by atoms with E-state index >= 15 is 0 Å². The molecule has 3 N–H and O–H groups in total. The third-order valence-corrected chi connectivity index (χ3v) is 7.30. The number of likely N-dealkylation sites (N-methyl/N-ethyl adjacent to an activating group) is 1. The number of aliphatic hydroxyl groups excluding tert-OH is 1. The van der Waals surface area contributed by atoms with Gasteiger partial charge in [0.15, 0.2) is 0 Å². The van der Waals surface area contributed by atoms with Gasteiger partial charge < -0.3 is 35.0 Å². The Morgan fingerprint density at radius 3 is 2.43 bits per heavy atom. The summed E-state index contributed by atoms with van der Waals surface area (Å²) in [6, 6.07) is 20.6. The van der Waals surface area contributed by atoms with Crippen molar-refractivity contribution in [2.45, 2.75) is 32.4 Å². The van der Waals surface area contributed by atoms with Crippen LogP contribution in [-0.4, -0.2) is 78.8 Å². The number of carbonyl (C=O) groups excluding carboxylic acids is 3. The van der Waals surface area contributed by atoms with Crippen molar-refractivity contribution < 1.29 is 29.0 Å². The van der Waals surface area contributed by atoms with Gasteiger partial charge in [0.2, 0.25) is 5.91 Å². The number of nitrogens with zero attached hydrogens (tertiary/aromatic N) is 2. The molecule has 0 saturated heterocycles. The van der Waals surface area contributed by atoms with Crippen molar-refractivity contribution in [1.82, 2.24) is 9.80 Å². The quantitative estimate of drug-likeness (QED) is 0.351. The molecule has 0 bridgehead atoms. The summed E-state index contributed by atoms with van der Waals surface area (Å²) in [5.41, 5.74) is 2.24. The zero-order chi connectivity index (χ0) is 30.2. The minimum absolute atomic E-state index is 0.169. The van der Waals surface area contributed by atoms with Crippen LogP contribution in [0.4, 0.5) is 16.2 Å². The largest absolute Gasteiger partial charge is 0.497 e. The minimum atomic E-state index is -0.463. The molecular weight excluding hydrogens is 536 g/mol. The van der Waals surface area contributed by atoms with Crippen LogP contribution in [0.5, 0.6) is 11.5 Å². The average Bonchev–Trinajstić information content (AvgIpc) is 2.99. The SMILES string of the molecule is COc1ccc(NC(=O)N(C)C[C@H]2Oc3ccc(NC(=O)Cc4ccccc4)cc3C(=O)N([C@H](C)CO)C[C@@H]2C)cc1. The van der Waals surface area contributed by atoms with Gasteiger partial charge in [-0.1, -0.05) is 37.3 Å². The molecule has 222 valence electrons. The van der Waals surface area contributed by atoms with Crippen LogP contribution in [0.1, 0.15) is 29.8 Å². The van der Waals surface area contributed by atoms with E-state index in [0.29, 0.717) is 29.4 Å². The van der Waals surface area contributed by atoms with Crippen LogP contribution in [0.3, 0.4) is 0 Å². The highest BCUT2D eigenvalue weighted by molar-refractivity contribution is 6.00. The van der Waals surface area contributed by atoms with Crippen LogP contribution in [0.25, 0.3) is 0 Å². The first kappa shape index (κ1) is 30.4. The molecule has 4 amide bonds. The lowest BCUT2D eigenvalue weighted by Crippen LogP contribution is -2.50. The topological polar surface area (TPSA) is 120 Å². The second kappa shape index (κ2) is 13.9. The molecule has 0 saturated carbocycles. The zero-order valence-electron chi connectivity index (χ0n) is 24.4. The van der Waals surface area contributed by atoms with Crippen molar-refractivity contribution in [3.05, 3.63) is 83.9 Å². The van der Waals surface area contributed by atoms with E-state index in [2.05, 4.69) is 10.6 Å². The number of aliphatic hydroxyl groups is 1. The number of nitrogens with one attached hydrogen (secondary N) is 2. The fraction of sp³-hybridized carbons (Fsp3) is 0.344. The molecule has 1 aliphatic heterocycles. The van der Waals surface area contributed by atoms with E-state index < -0.39 is 12.1 Å². The van der Waals surface area contributed by atoms with Crippen LogP contribution in [0.15, 0.2) is 72.8 Å². The summed E-state index contributed by atoms with van der Waals surface area (Å²) < 4.78 is 11.5. The number of ether oxygens (including phenoxy) is 2. The van der Waals surface area contributed by atoms with E-state index in [1.807, 2.05) is 37.3 Å². The zero-order valence-corrected chi connectivity index (χ0v) is 24.4. The number of benzene rings is 3. The number of anilines is 2. The van der Waals surface area contributed by atoms with E-state index in [9.17, 15) is 19.5 Å². The van der Waals surface area contributed by atoms with Gasteiger partial charge in [-0.05, 0) is 55.0 Å². The molecule has 0 aromatic heterocycles. The van der Waals surface area contributed by atoms with Crippen LogP contribution >= 0.6 is 0 Å². The number of urea groups is 1. The fourth-order valence-electron chi connectivity index (χ4n) is 4.75. The van der Waals surface area contributed by atoms with E-state index in [0.717, 1.165) is 5.56 Å². The summed E-state index contributed by atoms with van der Waals surface area (Å²) >= 11 is 0. The van der Waals surface area contributed by atoms with Gasteiger partial charge in [0.05, 0.1) is 38.3 Å². The lowest BCUT2D eigenvalue weighted by molar-refractivity contribution is -0.115. The molecule has 3 aromatic carbocycles. The molecule has 0 unspecified atom stereocenters. The van der Waals surface area contributed by atoms with Gasteiger partial charge in [0.1, 0.15) is 17.6 Å². The average molecular weight is 575 g/mol. The maximum Gasteiger partial charge on any atom is 0.321 e. The molecule has 0 aliphatic carbocycles. The van der Waals surface area contributed by atoms with Gasteiger partial charge in [-0.25, -0.2) is 4.79 Å². The number of hydrogen-bond donors (Lipinski definition) is 3. The van der Waals surface area contributed by atoms with Crippen LogP contribution < -0.4 is 20.1 Å². The normalized spacial score (nSPS) is 17.2. The Labute approximate surface area is 246 Å². The Bertz CT molecular complexity index is 1380. The smallest absolute Gasteiger partial charge is 0.321 e. The monoisotopic (exact) mass is 574 g/mol. The standard InChI is InChI=1S/C32H38N4O6/c1-21-18-36(22(2)20-37)31(39)27-17-25(33-30(38)16-23-8-6-5-7-9-23)12-15-28(27)42-29(21)19-35(3)32(40)34-24-10-13-26(41-4)14-11-24/h5-15,17,21-22,29,37H,16,18-20H2,1-4H3,(H,33,38)(H,34,40)/t21-,22+,29+/m0/s1. The molecular formula is C32H38N4O6. The summed E-state index contributed by atoms with van der Waals surface area (Å²) in [5, 5.41) is 15.7. The van der Waals surface area contributed by atoms with Crippen molar-refractivity contribution in [1.29, 1.82) is 0 Å². The first-order valence-corrected chi connectivity index (χ1v) is 13.9. The van der Waals surface area contributed by atoms with Gasteiger partial charge in [0, 0.05) is 30.9 Å². The number of rotatable bonds is 9. The van der Waals surface area contributed by atoms with Gasteiger partial charge in [-0.15, -0.1) is 0 Å². The van der Waals surface area contributed by atoms with Gasteiger partial charge in [-0.3, -0.25) is 9.59 Å². The van der Waals surface area contributed by atoms with Crippen LogP contribution in [0, 0.1) is 5.92 Å². The maximum atomic E-state index is 13.7. The van der Waals surface area contributed by atoms with Crippen LogP contribution in [0.2, 0.25) is 0 Å². The lowest BCUT2D eigenvalue weighted by Gasteiger charge is -2.38. The highest BCUT2D eigenvalue weighted by Crippen LogP contribution is 2.31. The van der Waals surface area contributed by atoms with E-state index in [1.54, 1.807) is 68.4 Å². The van der Waals surface area contributed by atoms with Crippen LogP contribution in [-0.2, 0) is 11.2 Å². The highest BCUT2D eigenvalue weighted by atomic mass is 16.5. The Kier molecular flexibility index (Phi) is 10.0. The molecule has 1 heterocycles. The summed E-state index contributed by atoms with van der Waals surface area (Å²) in [6.45, 7) is 4.07. The second-order valence-corrected chi connectivity index (χ2v) is 10.6. The van der Waals surface area contributed by atoms with E-state index in [4.69, 9.17) is 9.47 Å². The lowest BCUT2D eigenvalue weighted by atomic mass is 9.99. The Morgan fingerprint density at radius 1 is 1.07 bits per heavy atom. The summed E-state index contributed by atoms with van der Waals surface area (Å²) in [7, 11) is 3.26. The third-order valence-electron chi connectivity index (χ3n) is 7.30. The number of hydrogen-bond acceptors (Lipinski definition) is 6. The number of methoxy groups -OCH3 is 1. The summed E-state index contributed by atoms with van der Waals surface area (Å²) in [4.78, 5) is 42.5. The molecule has 3 aromatic rings. The Hall–Kier alpha value is -4.57. The molecule has 0 fully saturated rings.